The first kappa shape index (κ1) is 14.1. The van der Waals surface area contributed by atoms with Crippen LogP contribution in [0, 0.1) is 0 Å². The number of hydrogen-bond acceptors (Lipinski definition) is 2. The molecule has 0 atom stereocenters. The average molecular weight is 259 g/mol. The standard InChI is InChI=1S/C16H25N3/c1-4-18(5-2)10-11-19-13-14(12-17-3)15-8-6-7-9-16(15)19/h6-9,13,17H,4-5,10-12H2,1-3H3. The monoisotopic (exact) mass is 259 g/mol. The van der Waals surface area contributed by atoms with Crippen LogP contribution < -0.4 is 5.32 Å². The predicted octanol–water partition coefficient (Wildman–Crippen LogP) is 2.70. The molecule has 0 spiro atoms. The molecule has 3 nitrogen and oxygen atoms in total. The fourth-order valence-electron chi connectivity index (χ4n) is 2.63. The summed E-state index contributed by atoms with van der Waals surface area (Å²) in [4.78, 5) is 2.46. The zero-order valence-corrected chi connectivity index (χ0v) is 12.3. The normalized spacial score (nSPS) is 11.6. The van der Waals surface area contributed by atoms with Gasteiger partial charge in [0, 0.05) is 36.7 Å². The molecule has 1 aromatic heterocycles. The molecule has 0 amide bonds. The second-order valence-electron chi connectivity index (χ2n) is 4.92. The molecule has 19 heavy (non-hydrogen) atoms. The third-order valence-corrected chi connectivity index (χ3v) is 3.79. The number of rotatable bonds is 7. The Morgan fingerprint density at radius 3 is 2.58 bits per heavy atom. The average Bonchev–Trinajstić information content (AvgIpc) is 2.79. The first-order valence-corrected chi connectivity index (χ1v) is 7.23. The summed E-state index contributed by atoms with van der Waals surface area (Å²) >= 11 is 0. The number of nitrogens with zero attached hydrogens (tertiary/aromatic N) is 2. The molecule has 1 N–H and O–H groups in total. The molecule has 0 radical (unpaired) electrons. The predicted molar refractivity (Wildman–Crippen MR) is 82.5 cm³/mol. The quantitative estimate of drug-likeness (QED) is 0.825. The van der Waals surface area contributed by atoms with Crippen LogP contribution >= 0.6 is 0 Å². The van der Waals surface area contributed by atoms with E-state index in [0.717, 1.165) is 32.7 Å². The zero-order valence-electron chi connectivity index (χ0n) is 12.3. The third kappa shape index (κ3) is 3.17. The highest BCUT2D eigenvalue weighted by Crippen LogP contribution is 2.21. The number of fused-ring (bicyclic) bond motifs is 1. The van der Waals surface area contributed by atoms with Crippen molar-refractivity contribution in [1.29, 1.82) is 0 Å². The largest absolute Gasteiger partial charge is 0.346 e. The number of aromatic nitrogens is 1. The van der Waals surface area contributed by atoms with Gasteiger partial charge in [0.05, 0.1) is 0 Å². The molecule has 3 heteroatoms. The van der Waals surface area contributed by atoms with Crippen molar-refractivity contribution in [2.24, 2.45) is 0 Å². The van der Waals surface area contributed by atoms with Crippen LogP contribution in [0.15, 0.2) is 30.5 Å². The topological polar surface area (TPSA) is 20.2 Å². The van der Waals surface area contributed by atoms with E-state index < -0.39 is 0 Å². The molecule has 0 aliphatic rings. The minimum atomic E-state index is 0.929. The van der Waals surface area contributed by atoms with E-state index in [0.29, 0.717) is 0 Å². The van der Waals surface area contributed by atoms with E-state index in [9.17, 15) is 0 Å². The maximum atomic E-state index is 3.25. The maximum Gasteiger partial charge on any atom is 0.0484 e. The van der Waals surface area contributed by atoms with Gasteiger partial charge in [-0.15, -0.1) is 0 Å². The van der Waals surface area contributed by atoms with Crippen LogP contribution in [0.4, 0.5) is 0 Å². The van der Waals surface area contributed by atoms with E-state index in [1.807, 2.05) is 7.05 Å². The summed E-state index contributed by atoms with van der Waals surface area (Å²) < 4.78 is 2.39. The Morgan fingerprint density at radius 2 is 1.89 bits per heavy atom. The summed E-state index contributed by atoms with van der Waals surface area (Å²) in [5.41, 5.74) is 2.73. The molecule has 0 unspecified atom stereocenters. The van der Waals surface area contributed by atoms with Gasteiger partial charge in [-0.1, -0.05) is 32.0 Å². The van der Waals surface area contributed by atoms with E-state index in [-0.39, 0.29) is 0 Å². The Hall–Kier alpha value is -1.32. The Bertz CT molecular complexity index is 512. The molecule has 104 valence electrons. The fraction of sp³-hybridized carbons (Fsp3) is 0.500. The van der Waals surface area contributed by atoms with Gasteiger partial charge in [0.2, 0.25) is 0 Å². The molecular weight excluding hydrogens is 234 g/mol. The van der Waals surface area contributed by atoms with E-state index >= 15 is 0 Å². The van der Waals surface area contributed by atoms with Crippen molar-refractivity contribution in [2.45, 2.75) is 26.9 Å². The highest BCUT2D eigenvalue weighted by molar-refractivity contribution is 5.83. The summed E-state index contributed by atoms with van der Waals surface area (Å²) in [5, 5.41) is 4.62. The molecule has 2 aromatic rings. The lowest BCUT2D eigenvalue weighted by Gasteiger charge is -2.18. The Kier molecular flexibility index (Phi) is 5.00. The molecule has 0 saturated carbocycles. The van der Waals surface area contributed by atoms with Gasteiger partial charge in [-0.3, -0.25) is 0 Å². The lowest BCUT2D eigenvalue weighted by atomic mass is 10.2. The van der Waals surface area contributed by atoms with Crippen LogP contribution in [-0.2, 0) is 13.1 Å². The van der Waals surface area contributed by atoms with E-state index in [1.54, 1.807) is 0 Å². The van der Waals surface area contributed by atoms with Crippen molar-refractivity contribution in [3.8, 4) is 0 Å². The van der Waals surface area contributed by atoms with Crippen molar-refractivity contribution >= 4 is 10.9 Å². The van der Waals surface area contributed by atoms with Crippen LogP contribution in [0.5, 0.6) is 0 Å². The van der Waals surface area contributed by atoms with Crippen molar-refractivity contribution in [1.82, 2.24) is 14.8 Å². The first-order chi connectivity index (χ1) is 9.30. The van der Waals surface area contributed by atoms with Crippen molar-refractivity contribution in [3.63, 3.8) is 0 Å². The summed E-state index contributed by atoms with van der Waals surface area (Å²) in [6.07, 6.45) is 2.30. The Labute approximate surface area is 116 Å². The van der Waals surface area contributed by atoms with Crippen LogP contribution in [0.2, 0.25) is 0 Å². The van der Waals surface area contributed by atoms with E-state index in [1.165, 1.54) is 16.5 Å². The number of para-hydroxylation sites is 1. The minimum absolute atomic E-state index is 0.929. The highest BCUT2D eigenvalue weighted by Gasteiger charge is 2.08. The smallest absolute Gasteiger partial charge is 0.0484 e. The molecule has 1 heterocycles. The lowest BCUT2D eigenvalue weighted by molar-refractivity contribution is 0.292. The first-order valence-electron chi connectivity index (χ1n) is 7.23. The molecule has 0 aliphatic carbocycles. The van der Waals surface area contributed by atoms with Crippen molar-refractivity contribution < 1.29 is 0 Å². The van der Waals surface area contributed by atoms with Gasteiger partial charge in [0.15, 0.2) is 0 Å². The van der Waals surface area contributed by atoms with E-state index in [4.69, 9.17) is 0 Å². The van der Waals surface area contributed by atoms with Gasteiger partial charge < -0.3 is 14.8 Å². The van der Waals surface area contributed by atoms with Gasteiger partial charge in [0.1, 0.15) is 0 Å². The molecule has 1 aromatic carbocycles. The van der Waals surface area contributed by atoms with Crippen LogP contribution in [0.1, 0.15) is 19.4 Å². The highest BCUT2D eigenvalue weighted by atomic mass is 15.1. The molecule has 0 fully saturated rings. The van der Waals surface area contributed by atoms with Crippen molar-refractivity contribution in [2.75, 3.05) is 26.7 Å². The summed E-state index contributed by atoms with van der Waals surface area (Å²) in [6.45, 7) is 9.81. The van der Waals surface area contributed by atoms with Gasteiger partial charge >= 0.3 is 0 Å². The molecule has 0 bridgehead atoms. The second kappa shape index (κ2) is 6.73. The molecule has 0 saturated heterocycles. The van der Waals surface area contributed by atoms with E-state index in [2.05, 4.69) is 59.1 Å². The van der Waals surface area contributed by atoms with Gasteiger partial charge in [-0.2, -0.15) is 0 Å². The zero-order chi connectivity index (χ0) is 13.7. The number of benzene rings is 1. The fourth-order valence-corrected chi connectivity index (χ4v) is 2.63. The molecular formula is C16H25N3. The Morgan fingerprint density at radius 1 is 1.16 bits per heavy atom. The summed E-state index contributed by atoms with van der Waals surface area (Å²) in [7, 11) is 2.00. The summed E-state index contributed by atoms with van der Waals surface area (Å²) in [5.74, 6) is 0. The number of likely N-dealkylation sites (N-methyl/N-ethyl adjacent to an activating group) is 1. The van der Waals surface area contributed by atoms with Gasteiger partial charge in [-0.25, -0.2) is 0 Å². The van der Waals surface area contributed by atoms with Crippen LogP contribution in [0.25, 0.3) is 10.9 Å². The van der Waals surface area contributed by atoms with Gasteiger partial charge in [-0.05, 0) is 31.8 Å². The second-order valence-corrected chi connectivity index (χ2v) is 4.92. The maximum absolute atomic E-state index is 3.25. The SMILES string of the molecule is CCN(CC)CCn1cc(CNC)c2ccccc21. The number of hydrogen-bond donors (Lipinski definition) is 1. The van der Waals surface area contributed by atoms with Gasteiger partial charge in [0.25, 0.3) is 0 Å². The Balaban J connectivity index is 2.22. The van der Waals surface area contributed by atoms with Crippen molar-refractivity contribution in [3.05, 3.63) is 36.0 Å². The molecule has 2 rings (SSSR count). The molecule has 0 aliphatic heterocycles. The minimum Gasteiger partial charge on any atom is -0.346 e. The van der Waals surface area contributed by atoms with Crippen LogP contribution in [0.3, 0.4) is 0 Å². The lowest BCUT2D eigenvalue weighted by Crippen LogP contribution is -2.26. The van der Waals surface area contributed by atoms with Crippen LogP contribution in [-0.4, -0.2) is 36.1 Å². The summed E-state index contributed by atoms with van der Waals surface area (Å²) in [6, 6.07) is 8.68. The third-order valence-electron chi connectivity index (χ3n) is 3.79. The number of nitrogens with one attached hydrogen (secondary N) is 1.